The molecule has 2 unspecified atom stereocenters. The Morgan fingerprint density at radius 2 is 1.82 bits per heavy atom. The minimum Gasteiger partial charge on any atom is -0.445 e. The van der Waals surface area contributed by atoms with Crippen LogP contribution in [0.2, 0.25) is 0 Å². The van der Waals surface area contributed by atoms with Crippen LogP contribution in [0.25, 0.3) is 0 Å². The summed E-state index contributed by atoms with van der Waals surface area (Å²) in [5.41, 5.74) is 2.23. The summed E-state index contributed by atoms with van der Waals surface area (Å²) in [7, 11) is 0. The van der Waals surface area contributed by atoms with E-state index in [1.807, 2.05) is 56.0 Å². The number of carbonyl (C=O) groups is 2. The number of aromatic nitrogens is 1. The molecule has 2 amide bonds. The van der Waals surface area contributed by atoms with Gasteiger partial charge in [-0.2, -0.15) is 0 Å². The van der Waals surface area contributed by atoms with E-state index in [-0.39, 0.29) is 24.8 Å². The largest absolute Gasteiger partial charge is 0.445 e. The maximum Gasteiger partial charge on any atom is 0.415 e. The van der Waals surface area contributed by atoms with E-state index in [9.17, 15) is 9.59 Å². The van der Waals surface area contributed by atoms with Crippen LogP contribution in [0.4, 0.5) is 15.3 Å². The van der Waals surface area contributed by atoms with Gasteiger partial charge >= 0.3 is 12.2 Å². The van der Waals surface area contributed by atoms with E-state index >= 15 is 0 Å². The quantitative estimate of drug-likeness (QED) is 0.578. The molecular formula is C26H31N3O4. The molecule has 33 heavy (non-hydrogen) atoms. The maximum absolute atomic E-state index is 13.0. The number of ether oxygens (including phenoxy) is 2. The van der Waals surface area contributed by atoms with Crippen molar-refractivity contribution in [3.8, 4) is 0 Å². The molecular weight excluding hydrogens is 418 g/mol. The van der Waals surface area contributed by atoms with Gasteiger partial charge in [0, 0.05) is 18.4 Å². The summed E-state index contributed by atoms with van der Waals surface area (Å²) in [6.45, 7) is 6.25. The minimum absolute atomic E-state index is 0.0139. The number of pyridine rings is 1. The molecule has 2 bridgehead atoms. The lowest BCUT2D eigenvalue weighted by molar-refractivity contribution is 0.0580. The second kappa shape index (κ2) is 9.65. The number of amides is 2. The van der Waals surface area contributed by atoms with Gasteiger partial charge in [-0.1, -0.05) is 42.0 Å². The average Bonchev–Trinajstić information content (AvgIpc) is 3.06. The SMILES string of the molecule is CC(C)(C)OC(=O)N(CC1=CC2CCC(C1)N2C(=O)OCc1ccccc1)c1ccncc1. The number of benzene rings is 1. The number of carbonyl (C=O) groups excluding carboxylic acids is 2. The zero-order valence-corrected chi connectivity index (χ0v) is 19.4. The molecule has 0 saturated carbocycles. The molecule has 2 atom stereocenters. The van der Waals surface area contributed by atoms with Crippen molar-refractivity contribution in [3.63, 3.8) is 0 Å². The molecule has 1 aromatic carbocycles. The first kappa shape index (κ1) is 22.8. The lowest BCUT2D eigenvalue weighted by Crippen LogP contribution is -2.45. The molecule has 4 rings (SSSR count). The van der Waals surface area contributed by atoms with E-state index in [4.69, 9.17) is 9.47 Å². The Morgan fingerprint density at radius 1 is 1.09 bits per heavy atom. The number of fused-ring (bicyclic) bond motifs is 2. The molecule has 7 nitrogen and oxygen atoms in total. The summed E-state index contributed by atoms with van der Waals surface area (Å²) >= 11 is 0. The van der Waals surface area contributed by atoms with Crippen molar-refractivity contribution in [2.45, 2.75) is 64.3 Å². The fourth-order valence-corrected chi connectivity index (χ4v) is 4.42. The van der Waals surface area contributed by atoms with Crippen molar-refractivity contribution in [1.82, 2.24) is 9.88 Å². The van der Waals surface area contributed by atoms with Crippen LogP contribution >= 0.6 is 0 Å². The van der Waals surface area contributed by atoms with Crippen molar-refractivity contribution >= 4 is 17.9 Å². The Hall–Kier alpha value is -3.35. The molecule has 2 aromatic rings. The monoisotopic (exact) mass is 449 g/mol. The fraction of sp³-hybridized carbons (Fsp3) is 0.423. The molecule has 0 aliphatic carbocycles. The Bertz CT molecular complexity index is 1000. The van der Waals surface area contributed by atoms with E-state index < -0.39 is 11.7 Å². The molecule has 2 aliphatic heterocycles. The Labute approximate surface area is 195 Å². The first-order valence-electron chi connectivity index (χ1n) is 11.4. The molecule has 1 fully saturated rings. The number of hydrogen-bond acceptors (Lipinski definition) is 5. The standard InChI is InChI=1S/C26H31N3O4/c1-26(2,3)33-24(30)28(21-11-13-27-14-12-21)17-20-15-22-9-10-23(16-20)29(22)25(31)32-18-19-7-5-4-6-8-19/h4-8,11-15,22-23H,9-10,16-18H2,1-3H3. The molecule has 0 spiro atoms. The van der Waals surface area contributed by atoms with Crippen LogP contribution in [0.3, 0.4) is 0 Å². The summed E-state index contributed by atoms with van der Waals surface area (Å²) < 4.78 is 11.2. The first-order chi connectivity index (χ1) is 15.8. The van der Waals surface area contributed by atoms with Gasteiger partial charge in [0.1, 0.15) is 12.2 Å². The predicted molar refractivity (Wildman–Crippen MR) is 126 cm³/mol. The summed E-state index contributed by atoms with van der Waals surface area (Å²) in [5, 5.41) is 0. The molecule has 0 radical (unpaired) electrons. The highest BCUT2D eigenvalue weighted by molar-refractivity contribution is 5.88. The van der Waals surface area contributed by atoms with Crippen LogP contribution in [-0.4, -0.2) is 46.3 Å². The predicted octanol–water partition coefficient (Wildman–Crippen LogP) is 5.32. The molecule has 0 N–H and O–H groups in total. The third kappa shape index (κ3) is 5.72. The van der Waals surface area contributed by atoms with E-state index in [0.29, 0.717) is 13.0 Å². The fourth-order valence-electron chi connectivity index (χ4n) is 4.42. The molecule has 174 valence electrons. The third-order valence-corrected chi connectivity index (χ3v) is 5.84. The van der Waals surface area contributed by atoms with Gasteiger partial charge in [-0.3, -0.25) is 14.8 Å². The number of nitrogens with zero attached hydrogens (tertiary/aromatic N) is 3. The van der Waals surface area contributed by atoms with Crippen LogP contribution in [0.1, 0.15) is 45.6 Å². The van der Waals surface area contributed by atoms with Gasteiger partial charge in [0.05, 0.1) is 18.3 Å². The summed E-state index contributed by atoms with van der Waals surface area (Å²) in [6, 6.07) is 13.4. The molecule has 1 aromatic heterocycles. The minimum atomic E-state index is -0.596. The smallest absolute Gasteiger partial charge is 0.415 e. The van der Waals surface area contributed by atoms with Crippen molar-refractivity contribution in [1.29, 1.82) is 0 Å². The van der Waals surface area contributed by atoms with Crippen molar-refractivity contribution < 1.29 is 19.1 Å². The van der Waals surface area contributed by atoms with Crippen molar-refractivity contribution in [2.75, 3.05) is 11.4 Å². The van der Waals surface area contributed by atoms with E-state index in [2.05, 4.69) is 11.1 Å². The van der Waals surface area contributed by atoms with E-state index in [1.54, 1.807) is 29.4 Å². The van der Waals surface area contributed by atoms with Crippen molar-refractivity contribution in [3.05, 3.63) is 72.1 Å². The Balaban J connectivity index is 1.46. The lowest BCUT2D eigenvalue weighted by atomic mass is 10.0. The van der Waals surface area contributed by atoms with Crippen LogP contribution in [0.15, 0.2) is 66.5 Å². The van der Waals surface area contributed by atoms with Crippen LogP contribution < -0.4 is 4.90 Å². The van der Waals surface area contributed by atoms with Crippen molar-refractivity contribution in [2.24, 2.45) is 0 Å². The topological polar surface area (TPSA) is 72.0 Å². The number of rotatable bonds is 5. The highest BCUT2D eigenvalue weighted by Crippen LogP contribution is 2.36. The third-order valence-electron chi connectivity index (χ3n) is 5.84. The number of anilines is 1. The molecule has 1 saturated heterocycles. The van der Waals surface area contributed by atoms with Crippen LogP contribution in [0, 0.1) is 0 Å². The van der Waals surface area contributed by atoms with Gasteiger partial charge in [-0.05, 0) is 57.7 Å². The second-order valence-electron chi connectivity index (χ2n) is 9.55. The molecule has 3 heterocycles. The van der Waals surface area contributed by atoms with Gasteiger partial charge in [0.2, 0.25) is 0 Å². The molecule has 7 heteroatoms. The average molecular weight is 450 g/mol. The van der Waals surface area contributed by atoms with E-state index in [0.717, 1.165) is 29.7 Å². The first-order valence-corrected chi connectivity index (χ1v) is 11.4. The van der Waals surface area contributed by atoms with Gasteiger partial charge in [-0.25, -0.2) is 9.59 Å². The second-order valence-corrected chi connectivity index (χ2v) is 9.55. The highest BCUT2D eigenvalue weighted by atomic mass is 16.6. The van der Waals surface area contributed by atoms with Gasteiger partial charge in [-0.15, -0.1) is 0 Å². The Kier molecular flexibility index (Phi) is 6.67. The zero-order valence-electron chi connectivity index (χ0n) is 19.4. The van der Waals surface area contributed by atoms with Gasteiger partial charge in [0.25, 0.3) is 0 Å². The maximum atomic E-state index is 13.0. The zero-order chi connectivity index (χ0) is 23.4. The van der Waals surface area contributed by atoms with Gasteiger partial charge < -0.3 is 9.47 Å². The Morgan fingerprint density at radius 3 is 2.48 bits per heavy atom. The molecule has 2 aliphatic rings. The van der Waals surface area contributed by atoms with E-state index in [1.165, 1.54) is 0 Å². The summed E-state index contributed by atoms with van der Waals surface area (Å²) in [4.78, 5) is 33.4. The van der Waals surface area contributed by atoms with Crippen LogP contribution in [-0.2, 0) is 16.1 Å². The van der Waals surface area contributed by atoms with Gasteiger partial charge in [0.15, 0.2) is 0 Å². The summed E-state index contributed by atoms with van der Waals surface area (Å²) in [5.74, 6) is 0. The normalized spacial score (nSPS) is 19.6. The number of hydrogen-bond donors (Lipinski definition) is 0. The highest BCUT2D eigenvalue weighted by Gasteiger charge is 2.41. The lowest BCUT2D eigenvalue weighted by Gasteiger charge is -2.35. The summed E-state index contributed by atoms with van der Waals surface area (Å²) in [6.07, 6.45) is 7.30. The van der Waals surface area contributed by atoms with Crippen LogP contribution in [0.5, 0.6) is 0 Å².